The molecule has 1 aromatic rings. The van der Waals surface area contributed by atoms with Crippen molar-refractivity contribution >= 4 is 23.6 Å². The number of carbonyl (C=O) groups excluding carboxylic acids is 3. The van der Waals surface area contributed by atoms with Gasteiger partial charge in [0.1, 0.15) is 12.2 Å². The molecule has 0 aliphatic heterocycles. The summed E-state index contributed by atoms with van der Waals surface area (Å²) in [7, 11) is 1.52. The maximum Gasteiger partial charge on any atom is 0.359 e. The molecular weight excluding hydrogens is 316 g/mol. The minimum atomic E-state index is -0.695. The van der Waals surface area contributed by atoms with E-state index in [-0.39, 0.29) is 18.9 Å². The second kappa shape index (κ2) is 9.98. The molecule has 0 aromatic heterocycles. The van der Waals surface area contributed by atoms with Crippen LogP contribution in [0.4, 0.5) is 0 Å². The number of nitrogens with one attached hydrogen (secondary N) is 1. The van der Waals surface area contributed by atoms with E-state index >= 15 is 0 Å². The van der Waals surface area contributed by atoms with Crippen molar-refractivity contribution in [2.75, 3.05) is 20.3 Å². The van der Waals surface area contributed by atoms with Crippen LogP contribution in [0.5, 0.6) is 5.75 Å². The summed E-state index contributed by atoms with van der Waals surface area (Å²) in [5, 5.41) is 3.78. The molecule has 0 aliphatic carbocycles. The first-order valence-corrected chi connectivity index (χ1v) is 7.35. The maximum atomic E-state index is 12.0. The largest absolute Gasteiger partial charge is 0.497 e. The lowest BCUT2D eigenvalue weighted by molar-refractivity contribution is -0.146. The number of carbonyl (C=O) groups is 3. The molecule has 0 bridgehead atoms. The van der Waals surface area contributed by atoms with Crippen molar-refractivity contribution in [3.05, 3.63) is 29.8 Å². The van der Waals surface area contributed by atoms with Crippen molar-refractivity contribution in [1.82, 2.24) is 5.43 Å². The molecule has 1 amide bonds. The van der Waals surface area contributed by atoms with Crippen LogP contribution in [0.3, 0.4) is 0 Å². The van der Waals surface area contributed by atoms with Crippen molar-refractivity contribution < 1.29 is 28.6 Å². The zero-order valence-corrected chi connectivity index (χ0v) is 13.8. The van der Waals surface area contributed by atoms with E-state index in [1.165, 1.54) is 7.11 Å². The fourth-order valence-corrected chi connectivity index (χ4v) is 1.68. The molecule has 0 saturated heterocycles. The van der Waals surface area contributed by atoms with E-state index in [1.807, 2.05) is 0 Å². The van der Waals surface area contributed by atoms with Gasteiger partial charge >= 0.3 is 11.9 Å². The molecule has 0 radical (unpaired) electrons. The third-order valence-corrected chi connectivity index (χ3v) is 2.73. The van der Waals surface area contributed by atoms with Crippen LogP contribution in [0, 0.1) is 0 Å². The van der Waals surface area contributed by atoms with E-state index in [4.69, 9.17) is 9.47 Å². The minimum absolute atomic E-state index is 0.0864. The molecule has 1 N–H and O–H groups in total. The van der Waals surface area contributed by atoms with Crippen LogP contribution in [0.25, 0.3) is 0 Å². The van der Waals surface area contributed by atoms with Crippen LogP contribution < -0.4 is 10.2 Å². The summed E-state index contributed by atoms with van der Waals surface area (Å²) in [5.41, 5.74) is 2.50. The first-order chi connectivity index (χ1) is 11.5. The van der Waals surface area contributed by atoms with E-state index in [9.17, 15) is 14.4 Å². The number of hydrazone groups is 1. The third-order valence-electron chi connectivity index (χ3n) is 2.73. The van der Waals surface area contributed by atoms with Gasteiger partial charge in [-0.2, -0.15) is 5.10 Å². The summed E-state index contributed by atoms with van der Waals surface area (Å²) >= 11 is 0. The summed E-state index contributed by atoms with van der Waals surface area (Å²) in [5.74, 6) is -1.46. The molecule has 8 nitrogen and oxygen atoms in total. The second-order valence-corrected chi connectivity index (χ2v) is 4.43. The summed E-state index contributed by atoms with van der Waals surface area (Å²) in [4.78, 5) is 34.9. The Labute approximate surface area is 139 Å². The van der Waals surface area contributed by atoms with Gasteiger partial charge in [0.05, 0.1) is 20.3 Å². The molecule has 0 unspecified atom stereocenters. The number of hydrogen-bond acceptors (Lipinski definition) is 7. The van der Waals surface area contributed by atoms with Gasteiger partial charge in [-0.3, -0.25) is 9.59 Å². The van der Waals surface area contributed by atoms with Crippen LogP contribution in [0.2, 0.25) is 0 Å². The molecule has 0 atom stereocenters. The smallest absolute Gasteiger partial charge is 0.359 e. The molecule has 0 spiro atoms. The molecule has 8 heteroatoms. The number of rotatable bonds is 8. The highest BCUT2D eigenvalue weighted by Crippen LogP contribution is 2.12. The fourth-order valence-electron chi connectivity index (χ4n) is 1.68. The van der Waals surface area contributed by atoms with Crippen LogP contribution in [-0.4, -0.2) is 43.9 Å². The third kappa shape index (κ3) is 6.07. The number of amides is 1. The number of ether oxygens (including phenoxy) is 3. The molecule has 130 valence electrons. The van der Waals surface area contributed by atoms with Gasteiger partial charge in [-0.25, -0.2) is 10.2 Å². The standard InChI is InChI=1S/C16H20N2O6/c1-4-23-14(20)10-13(19)17-18-15(16(21)24-5-2)11-6-8-12(22-3)9-7-11/h6-9H,4-5,10H2,1-3H3,(H,17,19)/b18-15+. The van der Waals surface area contributed by atoms with E-state index in [0.717, 1.165) is 0 Å². The number of benzene rings is 1. The predicted octanol–water partition coefficient (Wildman–Crippen LogP) is 1.03. The van der Waals surface area contributed by atoms with E-state index in [1.54, 1.807) is 38.1 Å². The number of hydrogen-bond donors (Lipinski definition) is 1. The van der Waals surface area contributed by atoms with E-state index < -0.39 is 24.3 Å². The fraction of sp³-hybridized carbons (Fsp3) is 0.375. The van der Waals surface area contributed by atoms with Gasteiger partial charge in [-0.15, -0.1) is 0 Å². The van der Waals surface area contributed by atoms with Crippen molar-refractivity contribution in [3.8, 4) is 5.75 Å². The van der Waals surface area contributed by atoms with Crippen LogP contribution in [-0.2, 0) is 23.9 Å². The Balaban J connectivity index is 2.90. The molecule has 0 saturated carbocycles. The SMILES string of the molecule is CCOC(=O)CC(=O)N/N=C(/C(=O)OCC)c1ccc(OC)cc1. The average molecular weight is 336 g/mol. The lowest BCUT2D eigenvalue weighted by atomic mass is 10.1. The Morgan fingerprint density at radius 1 is 1.04 bits per heavy atom. The van der Waals surface area contributed by atoms with Crippen molar-refractivity contribution in [2.45, 2.75) is 20.3 Å². The monoisotopic (exact) mass is 336 g/mol. The van der Waals surface area contributed by atoms with Crippen LogP contribution in [0.15, 0.2) is 29.4 Å². The molecule has 0 heterocycles. The predicted molar refractivity (Wildman–Crippen MR) is 85.6 cm³/mol. The van der Waals surface area contributed by atoms with Crippen LogP contribution >= 0.6 is 0 Å². The van der Waals surface area contributed by atoms with Crippen molar-refractivity contribution in [3.63, 3.8) is 0 Å². The first kappa shape index (κ1) is 19.1. The van der Waals surface area contributed by atoms with E-state index in [0.29, 0.717) is 11.3 Å². The number of esters is 2. The first-order valence-electron chi connectivity index (χ1n) is 7.35. The Kier molecular flexibility index (Phi) is 7.97. The maximum absolute atomic E-state index is 12.0. The topological polar surface area (TPSA) is 103 Å². The number of nitrogens with zero attached hydrogens (tertiary/aromatic N) is 1. The summed E-state index contributed by atoms with van der Waals surface area (Å²) in [6.07, 6.45) is -0.490. The lowest BCUT2D eigenvalue weighted by Gasteiger charge is -2.08. The molecular formula is C16H20N2O6. The van der Waals surface area contributed by atoms with Gasteiger partial charge in [-0.05, 0) is 38.1 Å². The molecule has 24 heavy (non-hydrogen) atoms. The van der Waals surface area contributed by atoms with Crippen molar-refractivity contribution in [2.24, 2.45) is 5.10 Å². The molecule has 1 rings (SSSR count). The molecule has 0 aliphatic rings. The van der Waals surface area contributed by atoms with Gasteiger partial charge in [0.2, 0.25) is 0 Å². The zero-order chi connectivity index (χ0) is 17.9. The highest BCUT2D eigenvalue weighted by Gasteiger charge is 2.17. The van der Waals surface area contributed by atoms with Gasteiger partial charge in [0, 0.05) is 5.56 Å². The summed E-state index contributed by atoms with van der Waals surface area (Å²) in [6.45, 7) is 3.62. The quantitative estimate of drug-likeness (QED) is 0.329. The Morgan fingerprint density at radius 3 is 2.21 bits per heavy atom. The lowest BCUT2D eigenvalue weighted by Crippen LogP contribution is -2.27. The summed E-state index contributed by atoms with van der Waals surface area (Å²) in [6, 6.07) is 6.49. The highest BCUT2D eigenvalue weighted by molar-refractivity contribution is 6.43. The van der Waals surface area contributed by atoms with Gasteiger partial charge in [-0.1, -0.05) is 0 Å². The van der Waals surface area contributed by atoms with Gasteiger partial charge in [0.25, 0.3) is 5.91 Å². The van der Waals surface area contributed by atoms with Gasteiger partial charge in [0.15, 0.2) is 5.71 Å². The Bertz CT molecular complexity index is 609. The number of methoxy groups -OCH3 is 1. The van der Waals surface area contributed by atoms with Crippen LogP contribution in [0.1, 0.15) is 25.8 Å². The zero-order valence-electron chi connectivity index (χ0n) is 13.8. The molecule has 0 fully saturated rings. The summed E-state index contributed by atoms with van der Waals surface area (Å²) < 4.78 is 14.6. The van der Waals surface area contributed by atoms with Crippen molar-refractivity contribution in [1.29, 1.82) is 0 Å². The average Bonchev–Trinajstić information content (AvgIpc) is 2.56. The van der Waals surface area contributed by atoms with Gasteiger partial charge < -0.3 is 14.2 Å². The normalized spacial score (nSPS) is 10.7. The molecule has 1 aromatic carbocycles. The minimum Gasteiger partial charge on any atom is -0.497 e. The second-order valence-electron chi connectivity index (χ2n) is 4.43. The van der Waals surface area contributed by atoms with E-state index in [2.05, 4.69) is 15.3 Å². The Morgan fingerprint density at radius 2 is 1.67 bits per heavy atom. The Hall–Kier alpha value is -2.90. The highest BCUT2D eigenvalue weighted by atomic mass is 16.5.